The highest BCUT2D eigenvalue weighted by Crippen LogP contribution is 2.35. The Morgan fingerprint density at radius 2 is 2.22 bits per heavy atom. The Kier molecular flexibility index (Phi) is 3.53. The van der Waals surface area contributed by atoms with Crippen LogP contribution in [0.2, 0.25) is 0 Å². The van der Waals surface area contributed by atoms with Crippen molar-refractivity contribution in [1.82, 2.24) is 19.8 Å². The number of carbonyl (C=O) groups excluding carboxylic acids is 1. The van der Waals surface area contributed by atoms with Crippen molar-refractivity contribution in [2.45, 2.75) is 12.0 Å². The van der Waals surface area contributed by atoms with Crippen molar-refractivity contribution >= 4 is 5.91 Å². The second kappa shape index (κ2) is 5.70. The first-order chi connectivity index (χ1) is 11.2. The molecule has 6 heteroatoms. The van der Waals surface area contributed by atoms with E-state index in [2.05, 4.69) is 21.9 Å². The maximum atomic E-state index is 13.0. The molecule has 0 bridgehead atoms. The maximum absolute atomic E-state index is 13.0. The molecular weight excluding hydrogens is 292 g/mol. The highest BCUT2D eigenvalue weighted by molar-refractivity contribution is 5.85. The lowest BCUT2D eigenvalue weighted by Gasteiger charge is -2.39. The average molecular weight is 312 g/mol. The molecule has 23 heavy (non-hydrogen) atoms. The number of ether oxygens (including phenoxy) is 1. The molecule has 0 radical (unpaired) electrons. The van der Waals surface area contributed by atoms with Gasteiger partial charge in [0.25, 0.3) is 0 Å². The van der Waals surface area contributed by atoms with Crippen molar-refractivity contribution in [3.05, 3.63) is 48.0 Å². The van der Waals surface area contributed by atoms with Crippen molar-refractivity contribution in [3.63, 3.8) is 0 Å². The van der Waals surface area contributed by atoms with E-state index in [0.29, 0.717) is 13.2 Å². The number of fused-ring (bicyclic) bond motifs is 1. The Bertz CT molecular complexity index is 700. The zero-order valence-electron chi connectivity index (χ0n) is 13.1. The second-order valence-corrected chi connectivity index (χ2v) is 6.16. The van der Waals surface area contributed by atoms with Gasteiger partial charge in [0.15, 0.2) is 0 Å². The number of nitrogens with one attached hydrogen (secondary N) is 1. The lowest BCUT2D eigenvalue weighted by molar-refractivity contribution is -0.136. The van der Waals surface area contributed by atoms with Crippen molar-refractivity contribution in [1.29, 1.82) is 0 Å². The first-order valence-electron chi connectivity index (χ1n) is 7.94. The van der Waals surface area contributed by atoms with Crippen LogP contribution in [0.15, 0.2) is 36.7 Å². The number of amides is 1. The summed E-state index contributed by atoms with van der Waals surface area (Å²) < 4.78 is 5.67. The number of likely N-dealkylation sites (N-methyl/N-ethyl adjacent to an activating group) is 1. The molecule has 1 amide bonds. The van der Waals surface area contributed by atoms with Crippen molar-refractivity contribution < 1.29 is 9.53 Å². The van der Waals surface area contributed by atoms with E-state index in [-0.39, 0.29) is 17.9 Å². The molecule has 0 spiro atoms. The van der Waals surface area contributed by atoms with Crippen LogP contribution in [-0.2, 0) is 4.79 Å². The number of benzene rings is 1. The maximum Gasteiger partial charge on any atom is 0.233 e. The molecule has 4 rings (SSSR count). The van der Waals surface area contributed by atoms with Crippen LogP contribution in [0, 0.1) is 0 Å². The predicted octanol–water partition coefficient (Wildman–Crippen LogP) is 1.40. The minimum absolute atomic E-state index is 0.111. The lowest BCUT2D eigenvalue weighted by atomic mass is 9.99. The van der Waals surface area contributed by atoms with E-state index in [1.807, 2.05) is 35.4 Å². The zero-order valence-corrected chi connectivity index (χ0v) is 13.1. The highest BCUT2D eigenvalue weighted by atomic mass is 16.5. The zero-order chi connectivity index (χ0) is 15.8. The molecule has 2 atom stereocenters. The van der Waals surface area contributed by atoms with E-state index in [0.717, 1.165) is 30.2 Å². The summed E-state index contributed by atoms with van der Waals surface area (Å²) in [4.78, 5) is 24.7. The van der Waals surface area contributed by atoms with Crippen LogP contribution in [0.3, 0.4) is 0 Å². The highest BCUT2D eigenvalue weighted by Gasteiger charge is 2.37. The Hall–Kier alpha value is -2.34. The molecule has 1 N–H and O–H groups in total. The summed E-state index contributed by atoms with van der Waals surface area (Å²) in [6.07, 6.45) is 3.58. The van der Waals surface area contributed by atoms with Crippen LogP contribution in [0.1, 0.15) is 23.3 Å². The lowest BCUT2D eigenvalue weighted by Crippen LogP contribution is -2.50. The minimum Gasteiger partial charge on any atom is -0.492 e. The molecule has 2 aliphatic rings. The Morgan fingerprint density at radius 1 is 1.35 bits per heavy atom. The number of rotatable bonds is 2. The average Bonchev–Trinajstić information content (AvgIpc) is 3.24. The number of H-pyrrole nitrogens is 1. The molecule has 2 aliphatic heterocycles. The van der Waals surface area contributed by atoms with Crippen LogP contribution >= 0.6 is 0 Å². The van der Waals surface area contributed by atoms with Gasteiger partial charge in [0, 0.05) is 37.6 Å². The van der Waals surface area contributed by atoms with Gasteiger partial charge in [-0.2, -0.15) is 0 Å². The first-order valence-corrected chi connectivity index (χ1v) is 7.94. The van der Waals surface area contributed by atoms with Gasteiger partial charge in [-0.25, -0.2) is 4.98 Å². The molecular formula is C17H20N4O2. The monoisotopic (exact) mass is 312 g/mol. The van der Waals surface area contributed by atoms with Gasteiger partial charge in [0.05, 0.1) is 6.04 Å². The van der Waals surface area contributed by atoms with E-state index in [9.17, 15) is 4.79 Å². The van der Waals surface area contributed by atoms with Crippen LogP contribution < -0.4 is 4.74 Å². The SMILES string of the molecule is CN1CCN(C(=O)[C@@H]2COc3ccccc32)C[C@H]1c1ncc[nH]1. The summed E-state index contributed by atoms with van der Waals surface area (Å²) in [5.74, 6) is 1.71. The van der Waals surface area contributed by atoms with E-state index in [4.69, 9.17) is 4.74 Å². The van der Waals surface area contributed by atoms with Gasteiger partial charge in [-0.3, -0.25) is 9.69 Å². The fourth-order valence-electron chi connectivity index (χ4n) is 3.42. The summed E-state index contributed by atoms with van der Waals surface area (Å²) in [6, 6.07) is 7.93. The number of aromatic nitrogens is 2. The molecule has 0 saturated carbocycles. The van der Waals surface area contributed by atoms with Crippen LogP contribution in [-0.4, -0.2) is 59.0 Å². The number of piperazine rings is 1. The van der Waals surface area contributed by atoms with Crippen molar-refractivity contribution in [2.75, 3.05) is 33.3 Å². The van der Waals surface area contributed by atoms with E-state index in [1.54, 1.807) is 6.20 Å². The number of imidazole rings is 1. The van der Waals surface area contributed by atoms with Crippen LogP contribution in [0.25, 0.3) is 0 Å². The third-order valence-corrected chi connectivity index (χ3v) is 4.79. The molecule has 1 fully saturated rings. The quantitative estimate of drug-likeness (QED) is 0.910. The minimum atomic E-state index is -0.188. The third kappa shape index (κ3) is 2.49. The van der Waals surface area contributed by atoms with Gasteiger partial charge in [-0.15, -0.1) is 0 Å². The third-order valence-electron chi connectivity index (χ3n) is 4.79. The fraction of sp³-hybridized carbons (Fsp3) is 0.412. The predicted molar refractivity (Wildman–Crippen MR) is 85.2 cm³/mol. The van der Waals surface area contributed by atoms with Crippen molar-refractivity contribution in [3.8, 4) is 5.75 Å². The Morgan fingerprint density at radius 3 is 3.04 bits per heavy atom. The molecule has 3 heterocycles. The van der Waals surface area contributed by atoms with E-state index < -0.39 is 0 Å². The number of para-hydroxylation sites is 1. The van der Waals surface area contributed by atoms with Gasteiger partial charge >= 0.3 is 0 Å². The molecule has 120 valence electrons. The summed E-state index contributed by atoms with van der Waals surface area (Å²) in [7, 11) is 2.07. The first kappa shape index (κ1) is 14.3. The second-order valence-electron chi connectivity index (χ2n) is 6.16. The van der Waals surface area contributed by atoms with Gasteiger partial charge in [0.1, 0.15) is 24.1 Å². The van der Waals surface area contributed by atoms with E-state index >= 15 is 0 Å². The smallest absolute Gasteiger partial charge is 0.233 e. The summed E-state index contributed by atoms with van der Waals surface area (Å²) in [5.41, 5.74) is 1.01. The number of aromatic amines is 1. The normalized spacial score (nSPS) is 24.3. The molecule has 1 aromatic carbocycles. The Balaban J connectivity index is 1.53. The van der Waals surface area contributed by atoms with Gasteiger partial charge in [-0.1, -0.05) is 18.2 Å². The van der Waals surface area contributed by atoms with Gasteiger partial charge in [0.2, 0.25) is 5.91 Å². The van der Waals surface area contributed by atoms with Crippen molar-refractivity contribution in [2.24, 2.45) is 0 Å². The number of nitrogens with zero attached hydrogens (tertiary/aromatic N) is 3. The molecule has 1 saturated heterocycles. The molecule has 0 unspecified atom stereocenters. The van der Waals surface area contributed by atoms with Crippen LogP contribution in [0.4, 0.5) is 0 Å². The topological polar surface area (TPSA) is 61.5 Å². The van der Waals surface area contributed by atoms with Gasteiger partial charge < -0.3 is 14.6 Å². The fourth-order valence-corrected chi connectivity index (χ4v) is 3.42. The van der Waals surface area contributed by atoms with Gasteiger partial charge in [-0.05, 0) is 13.1 Å². The summed E-state index contributed by atoms with van der Waals surface area (Å²) >= 11 is 0. The number of hydrogen-bond acceptors (Lipinski definition) is 4. The largest absolute Gasteiger partial charge is 0.492 e. The molecule has 6 nitrogen and oxygen atoms in total. The number of carbonyl (C=O) groups is 1. The molecule has 0 aliphatic carbocycles. The van der Waals surface area contributed by atoms with E-state index in [1.165, 1.54) is 0 Å². The van der Waals surface area contributed by atoms with Crippen LogP contribution in [0.5, 0.6) is 5.75 Å². The molecule has 2 aromatic rings. The standard InChI is InChI=1S/C17H20N4O2/c1-20-8-9-21(10-14(20)16-18-6-7-19-16)17(22)13-11-23-15-5-3-2-4-12(13)15/h2-7,13-14H,8-11H2,1H3,(H,18,19)/t13-,14+/m1/s1. The summed E-state index contributed by atoms with van der Waals surface area (Å²) in [6.45, 7) is 2.68. The number of hydrogen-bond donors (Lipinski definition) is 1. The Labute approximate surface area is 135 Å². The summed E-state index contributed by atoms with van der Waals surface area (Å²) in [5, 5.41) is 0. The molecule has 1 aromatic heterocycles.